The molecule has 38 heavy (non-hydrogen) atoms. The van der Waals surface area contributed by atoms with Gasteiger partial charge in [0.2, 0.25) is 5.91 Å². The summed E-state index contributed by atoms with van der Waals surface area (Å²) in [6.07, 6.45) is -1.16. The second-order valence-electron chi connectivity index (χ2n) is 10.4. The largest absolute Gasteiger partial charge is 0.490 e. The maximum atomic E-state index is 15.4. The molecule has 2 aliphatic heterocycles. The standard InChI is InChI=1S/C27H28F5NO4S/c28-21-8-9-22(29)25-24(21)26(38(35,36)20-6-4-18(5-7-20)27(30,31)32)11-10-17(14-19(26)16-37-25)15-23(34)33-12-2-1-3-13-33/h4-9,17,19H,1-3,10-16H2/t17-,19-,26+/m1/s1. The molecule has 0 aromatic heterocycles. The van der Waals surface area contributed by atoms with Gasteiger partial charge in [-0.15, -0.1) is 0 Å². The Bertz CT molecular complexity index is 1320. The normalized spacial score (nSPS) is 25.8. The number of sulfone groups is 1. The van der Waals surface area contributed by atoms with Crippen LogP contribution in [0.25, 0.3) is 0 Å². The van der Waals surface area contributed by atoms with Crippen molar-refractivity contribution in [3.8, 4) is 5.75 Å². The maximum absolute atomic E-state index is 15.4. The van der Waals surface area contributed by atoms with Crippen molar-refractivity contribution in [3.63, 3.8) is 0 Å². The summed E-state index contributed by atoms with van der Waals surface area (Å²) in [6, 6.07) is 4.77. The summed E-state index contributed by atoms with van der Waals surface area (Å²) in [7, 11) is -4.52. The molecule has 2 fully saturated rings. The predicted molar refractivity (Wildman–Crippen MR) is 128 cm³/mol. The summed E-state index contributed by atoms with van der Waals surface area (Å²) < 4.78 is 102. The molecule has 206 valence electrons. The zero-order valence-corrected chi connectivity index (χ0v) is 21.4. The minimum Gasteiger partial charge on any atom is -0.490 e. The highest BCUT2D eigenvalue weighted by Gasteiger charge is 2.59. The van der Waals surface area contributed by atoms with Gasteiger partial charge in [0.15, 0.2) is 21.4 Å². The van der Waals surface area contributed by atoms with Crippen molar-refractivity contribution in [3.05, 3.63) is 59.2 Å². The van der Waals surface area contributed by atoms with Gasteiger partial charge in [-0.25, -0.2) is 17.2 Å². The fourth-order valence-corrected chi connectivity index (χ4v) is 8.71. The van der Waals surface area contributed by atoms with E-state index < -0.39 is 60.1 Å². The molecule has 5 rings (SSSR count). The summed E-state index contributed by atoms with van der Waals surface area (Å²) in [5, 5.41) is 0. The number of carbonyl (C=O) groups is 1. The maximum Gasteiger partial charge on any atom is 0.416 e. The molecule has 0 N–H and O–H groups in total. The number of piperidine rings is 1. The van der Waals surface area contributed by atoms with Crippen molar-refractivity contribution in [2.75, 3.05) is 19.7 Å². The van der Waals surface area contributed by atoms with Gasteiger partial charge in [0.05, 0.1) is 22.6 Å². The van der Waals surface area contributed by atoms with Crippen LogP contribution in [-0.2, 0) is 25.6 Å². The van der Waals surface area contributed by atoms with Gasteiger partial charge in [0, 0.05) is 25.4 Å². The molecule has 1 saturated heterocycles. The van der Waals surface area contributed by atoms with E-state index in [1.54, 1.807) is 0 Å². The van der Waals surface area contributed by atoms with E-state index in [1.165, 1.54) is 0 Å². The first kappa shape index (κ1) is 26.9. The van der Waals surface area contributed by atoms with E-state index in [0.29, 0.717) is 25.2 Å². The highest BCUT2D eigenvalue weighted by molar-refractivity contribution is 7.92. The second kappa shape index (κ2) is 9.81. The van der Waals surface area contributed by atoms with E-state index in [4.69, 9.17) is 4.74 Å². The van der Waals surface area contributed by atoms with Crippen LogP contribution in [0.4, 0.5) is 22.0 Å². The summed E-state index contributed by atoms with van der Waals surface area (Å²) in [4.78, 5) is 14.3. The molecular formula is C27H28F5NO4S. The number of hydrogen-bond acceptors (Lipinski definition) is 4. The van der Waals surface area contributed by atoms with Crippen LogP contribution in [-0.4, -0.2) is 38.9 Å². The molecule has 3 atom stereocenters. The molecule has 3 aliphatic rings. The Balaban J connectivity index is 1.54. The third-order valence-electron chi connectivity index (χ3n) is 8.26. The quantitative estimate of drug-likeness (QED) is 0.442. The number of amides is 1. The molecule has 1 aliphatic carbocycles. The van der Waals surface area contributed by atoms with Crippen molar-refractivity contribution in [2.45, 2.75) is 60.8 Å². The molecule has 1 saturated carbocycles. The van der Waals surface area contributed by atoms with Crippen LogP contribution in [0.5, 0.6) is 5.75 Å². The average Bonchev–Trinajstić information content (AvgIpc) is 2.90. The SMILES string of the molecule is O=C(C[C@@H]1CC[C@@]2(S(=O)(=O)c3ccc(C(F)(F)F)cc3)c3c(F)ccc(F)c3OC[C@H]2C1)N1CCCCC1. The van der Waals surface area contributed by atoms with Crippen molar-refractivity contribution < 1.29 is 39.9 Å². The molecule has 1 amide bonds. The van der Waals surface area contributed by atoms with Crippen LogP contribution >= 0.6 is 0 Å². The molecule has 0 radical (unpaired) electrons. The number of fused-ring (bicyclic) bond motifs is 3. The van der Waals surface area contributed by atoms with E-state index in [9.17, 15) is 30.8 Å². The van der Waals surface area contributed by atoms with Gasteiger partial charge in [-0.2, -0.15) is 13.2 Å². The first-order chi connectivity index (χ1) is 17.9. The number of carbonyl (C=O) groups excluding carboxylic acids is 1. The number of alkyl halides is 3. The van der Waals surface area contributed by atoms with E-state index in [2.05, 4.69) is 0 Å². The van der Waals surface area contributed by atoms with Gasteiger partial charge in [0.1, 0.15) is 10.6 Å². The van der Waals surface area contributed by atoms with Gasteiger partial charge in [0.25, 0.3) is 0 Å². The molecule has 2 aromatic carbocycles. The van der Waals surface area contributed by atoms with Crippen molar-refractivity contribution in [2.24, 2.45) is 11.8 Å². The van der Waals surface area contributed by atoms with Gasteiger partial charge < -0.3 is 9.64 Å². The number of nitrogens with zero attached hydrogens (tertiary/aromatic N) is 1. The smallest absolute Gasteiger partial charge is 0.416 e. The van der Waals surface area contributed by atoms with Crippen LogP contribution in [0.2, 0.25) is 0 Å². The topological polar surface area (TPSA) is 63.7 Å². The fourth-order valence-electron chi connectivity index (χ4n) is 6.34. The zero-order chi connectivity index (χ0) is 27.3. The van der Waals surface area contributed by atoms with Crippen LogP contribution in [0.3, 0.4) is 0 Å². The van der Waals surface area contributed by atoms with Crippen molar-refractivity contribution >= 4 is 15.7 Å². The lowest BCUT2D eigenvalue weighted by atomic mass is 9.68. The lowest BCUT2D eigenvalue weighted by Gasteiger charge is -2.49. The van der Waals surface area contributed by atoms with E-state index in [1.807, 2.05) is 4.90 Å². The molecule has 5 nitrogen and oxygen atoms in total. The fraction of sp³-hybridized carbons (Fsp3) is 0.519. The minimum atomic E-state index is -4.66. The van der Waals surface area contributed by atoms with Gasteiger partial charge >= 0.3 is 6.18 Å². The number of halogens is 5. The number of rotatable bonds is 4. The van der Waals surface area contributed by atoms with Gasteiger partial charge in [-0.1, -0.05) is 0 Å². The van der Waals surface area contributed by atoms with E-state index in [-0.39, 0.29) is 44.1 Å². The number of benzene rings is 2. The predicted octanol–water partition coefficient (Wildman–Crippen LogP) is 5.86. The number of hydrogen-bond donors (Lipinski definition) is 0. The summed E-state index contributed by atoms with van der Waals surface area (Å²) in [5.74, 6) is -3.38. The number of ether oxygens (including phenoxy) is 1. The zero-order valence-electron chi connectivity index (χ0n) is 20.6. The first-order valence-corrected chi connectivity index (χ1v) is 14.2. The Morgan fingerprint density at radius 2 is 1.66 bits per heavy atom. The molecule has 0 spiro atoms. The van der Waals surface area contributed by atoms with Crippen LogP contribution in [0, 0.1) is 23.5 Å². The highest BCUT2D eigenvalue weighted by Crippen LogP contribution is 2.58. The van der Waals surface area contributed by atoms with Crippen molar-refractivity contribution in [1.29, 1.82) is 0 Å². The monoisotopic (exact) mass is 557 g/mol. The summed E-state index contributed by atoms with van der Waals surface area (Å²) in [5.41, 5.74) is -1.44. The average molecular weight is 558 g/mol. The van der Waals surface area contributed by atoms with E-state index in [0.717, 1.165) is 43.5 Å². The molecule has 0 bridgehead atoms. The Kier molecular flexibility index (Phi) is 6.94. The van der Waals surface area contributed by atoms with Crippen molar-refractivity contribution in [1.82, 2.24) is 4.90 Å². The third-order valence-corrected chi connectivity index (χ3v) is 10.8. The Labute approximate surface area is 217 Å². The second-order valence-corrected chi connectivity index (χ2v) is 12.6. The first-order valence-electron chi connectivity index (χ1n) is 12.8. The summed E-state index contributed by atoms with van der Waals surface area (Å²) in [6.45, 7) is 1.14. The Morgan fingerprint density at radius 3 is 2.32 bits per heavy atom. The van der Waals surface area contributed by atoms with Crippen LogP contribution in [0.1, 0.15) is 56.1 Å². The lowest BCUT2D eigenvalue weighted by molar-refractivity contribution is -0.137. The molecule has 2 heterocycles. The molecule has 2 aromatic rings. The minimum absolute atomic E-state index is 0.0119. The summed E-state index contributed by atoms with van der Waals surface area (Å²) >= 11 is 0. The van der Waals surface area contributed by atoms with E-state index >= 15 is 4.39 Å². The lowest BCUT2D eigenvalue weighted by Crippen LogP contribution is -2.52. The number of likely N-dealkylation sites (tertiary alicyclic amines) is 1. The van der Waals surface area contributed by atoms with Gasteiger partial charge in [-0.05, 0) is 80.8 Å². The highest BCUT2D eigenvalue weighted by atomic mass is 32.2. The van der Waals surface area contributed by atoms with Crippen LogP contribution < -0.4 is 4.74 Å². The third kappa shape index (κ3) is 4.46. The van der Waals surface area contributed by atoms with Crippen LogP contribution in [0.15, 0.2) is 41.3 Å². The van der Waals surface area contributed by atoms with Gasteiger partial charge in [-0.3, -0.25) is 4.79 Å². The molecular weight excluding hydrogens is 529 g/mol. The molecule has 11 heteroatoms. The molecule has 0 unspecified atom stereocenters. The Hall–Kier alpha value is -2.69. The Morgan fingerprint density at radius 1 is 1.00 bits per heavy atom.